The van der Waals surface area contributed by atoms with Gasteiger partial charge in [-0.05, 0) is 38.1 Å². The molecular formula is C11H19N3. The van der Waals surface area contributed by atoms with E-state index >= 15 is 0 Å². The number of aromatic amines is 1. The average molecular weight is 193 g/mol. The second-order valence-electron chi connectivity index (χ2n) is 3.97. The zero-order valence-electron chi connectivity index (χ0n) is 8.72. The Bertz CT molecular complexity index is 250. The van der Waals surface area contributed by atoms with Gasteiger partial charge >= 0.3 is 0 Å². The molecule has 3 nitrogen and oxygen atoms in total. The predicted octanol–water partition coefficient (Wildman–Crippen LogP) is 1.42. The maximum atomic E-state index is 3.58. The molecule has 0 saturated carbocycles. The van der Waals surface area contributed by atoms with E-state index in [-0.39, 0.29) is 0 Å². The highest BCUT2D eigenvalue weighted by Gasteiger charge is 2.23. The summed E-state index contributed by atoms with van der Waals surface area (Å²) in [6.07, 6.45) is 8.01. The Balaban J connectivity index is 2.04. The van der Waals surface area contributed by atoms with Gasteiger partial charge in [0, 0.05) is 24.5 Å². The van der Waals surface area contributed by atoms with E-state index in [1.165, 1.54) is 24.8 Å². The molecule has 0 radical (unpaired) electrons. The maximum Gasteiger partial charge on any atom is 0.0488 e. The van der Waals surface area contributed by atoms with E-state index in [4.69, 9.17) is 0 Å². The van der Waals surface area contributed by atoms with Gasteiger partial charge in [0.2, 0.25) is 0 Å². The summed E-state index contributed by atoms with van der Waals surface area (Å²) in [5, 5.41) is 6.97. The van der Waals surface area contributed by atoms with Crippen LogP contribution in [0.4, 0.5) is 0 Å². The van der Waals surface area contributed by atoms with Crippen molar-refractivity contribution in [2.24, 2.45) is 0 Å². The normalized spacial score (nSPS) is 24.8. The molecule has 78 valence electrons. The summed E-state index contributed by atoms with van der Waals surface area (Å²) in [5.41, 5.74) is 1.35. The van der Waals surface area contributed by atoms with Crippen LogP contribution in [0.2, 0.25) is 0 Å². The number of piperidine rings is 1. The van der Waals surface area contributed by atoms with E-state index in [9.17, 15) is 0 Å². The number of aromatic nitrogens is 1. The Morgan fingerprint density at radius 2 is 2.43 bits per heavy atom. The van der Waals surface area contributed by atoms with Gasteiger partial charge in [-0.2, -0.15) is 0 Å². The van der Waals surface area contributed by atoms with Crippen molar-refractivity contribution < 1.29 is 0 Å². The monoisotopic (exact) mass is 193 g/mol. The number of likely N-dealkylation sites (N-methyl/N-ethyl adjacent to an activating group) is 1. The molecule has 2 atom stereocenters. The lowest BCUT2D eigenvalue weighted by Gasteiger charge is -2.30. The number of nitrogens with one attached hydrogen (secondary N) is 3. The molecule has 1 aliphatic heterocycles. The Morgan fingerprint density at radius 1 is 1.50 bits per heavy atom. The van der Waals surface area contributed by atoms with Gasteiger partial charge in [-0.3, -0.25) is 0 Å². The molecule has 2 heterocycles. The fourth-order valence-electron chi connectivity index (χ4n) is 2.29. The first-order valence-electron chi connectivity index (χ1n) is 5.45. The summed E-state index contributed by atoms with van der Waals surface area (Å²) in [4.78, 5) is 3.12. The van der Waals surface area contributed by atoms with Gasteiger partial charge < -0.3 is 15.6 Å². The molecule has 3 N–H and O–H groups in total. The Hall–Kier alpha value is -0.800. The second-order valence-corrected chi connectivity index (χ2v) is 3.97. The van der Waals surface area contributed by atoms with Crippen molar-refractivity contribution in [2.75, 3.05) is 13.6 Å². The summed E-state index contributed by atoms with van der Waals surface area (Å²) in [5.74, 6) is 0. The minimum atomic E-state index is 0.446. The van der Waals surface area contributed by atoms with E-state index < -0.39 is 0 Å². The van der Waals surface area contributed by atoms with Crippen LogP contribution in [-0.4, -0.2) is 24.6 Å². The van der Waals surface area contributed by atoms with E-state index in [0.717, 1.165) is 6.54 Å². The van der Waals surface area contributed by atoms with Gasteiger partial charge in [0.25, 0.3) is 0 Å². The van der Waals surface area contributed by atoms with Gasteiger partial charge in [-0.15, -0.1) is 0 Å². The maximum absolute atomic E-state index is 3.58. The van der Waals surface area contributed by atoms with Gasteiger partial charge in [-0.1, -0.05) is 6.42 Å². The van der Waals surface area contributed by atoms with Crippen molar-refractivity contribution in [1.82, 2.24) is 15.6 Å². The van der Waals surface area contributed by atoms with Crippen LogP contribution < -0.4 is 10.6 Å². The number of H-pyrrole nitrogens is 1. The summed E-state index contributed by atoms with van der Waals surface area (Å²) in [6, 6.07) is 3.18. The molecular weight excluding hydrogens is 174 g/mol. The second kappa shape index (κ2) is 4.62. The highest BCUT2D eigenvalue weighted by molar-refractivity contribution is 5.16. The molecule has 0 spiro atoms. The first-order chi connectivity index (χ1) is 6.92. The molecule has 1 aliphatic rings. The molecule has 2 unspecified atom stereocenters. The van der Waals surface area contributed by atoms with Gasteiger partial charge in [0.1, 0.15) is 0 Å². The fraction of sp³-hybridized carbons (Fsp3) is 0.636. The molecule has 0 aliphatic carbocycles. The third-order valence-electron chi connectivity index (χ3n) is 3.04. The zero-order chi connectivity index (χ0) is 9.80. The topological polar surface area (TPSA) is 39.9 Å². The van der Waals surface area contributed by atoms with Crippen molar-refractivity contribution in [3.8, 4) is 0 Å². The average Bonchev–Trinajstić information content (AvgIpc) is 2.74. The summed E-state index contributed by atoms with van der Waals surface area (Å²) in [6.45, 7) is 1.16. The smallest absolute Gasteiger partial charge is 0.0488 e. The fourth-order valence-corrected chi connectivity index (χ4v) is 2.29. The van der Waals surface area contributed by atoms with E-state index in [2.05, 4.69) is 27.9 Å². The molecule has 2 rings (SSSR count). The lowest BCUT2D eigenvalue weighted by Crippen LogP contribution is -2.43. The van der Waals surface area contributed by atoms with Crippen molar-refractivity contribution in [2.45, 2.75) is 31.3 Å². The Morgan fingerprint density at radius 3 is 3.00 bits per heavy atom. The predicted molar refractivity (Wildman–Crippen MR) is 58.2 cm³/mol. The van der Waals surface area contributed by atoms with Crippen LogP contribution in [0.15, 0.2) is 18.5 Å². The molecule has 0 amide bonds. The van der Waals surface area contributed by atoms with Crippen LogP contribution in [0.5, 0.6) is 0 Å². The third kappa shape index (κ3) is 1.99. The molecule has 0 aromatic carbocycles. The van der Waals surface area contributed by atoms with E-state index in [1.54, 1.807) is 0 Å². The lowest BCUT2D eigenvalue weighted by atomic mass is 9.94. The number of hydrogen-bond acceptors (Lipinski definition) is 2. The van der Waals surface area contributed by atoms with E-state index in [1.807, 2.05) is 13.2 Å². The van der Waals surface area contributed by atoms with E-state index in [0.29, 0.717) is 12.1 Å². The van der Waals surface area contributed by atoms with Crippen molar-refractivity contribution in [3.63, 3.8) is 0 Å². The van der Waals surface area contributed by atoms with Crippen LogP contribution in [-0.2, 0) is 0 Å². The summed E-state index contributed by atoms with van der Waals surface area (Å²) in [7, 11) is 2.04. The first-order valence-corrected chi connectivity index (χ1v) is 5.45. The van der Waals surface area contributed by atoms with Crippen molar-refractivity contribution >= 4 is 0 Å². The molecule has 1 aromatic heterocycles. The molecule has 1 saturated heterocycles. The molecule has 0 bridgehead atoms. The summed E-state index contributed by atoms with van der Waals surface area (Å²) < 4.78 is 0. The van der Waals surface area contributed by atoms with Gasteiger partial charge in [0.15, 0.2) is 0 Å². The van der Waals surface area contributed by atoms with Crippen molar-refractivity contribution in [1.29, 1.82) is 0 Å². The molecule has 14 heavy (non-hydrogen) atoms. The van der Waals surface area contributed by atoms with Crippen LogP contribution >= 0.6 is 0 Å². The Labute approximate surface area is 85.3 Å². The molecule has 3 heteroatoms. The van der Waals surface area contributed by atoms with Gasteiger partial charge in [-0.25, -0.2) is 0 Å². The largest absolute Gasteiger partial charge is 0.367 e. The quantitative estimate of drug-likeness (QED) is 0.679. The third-order valence-corrected chi connectivity index (χ3v) is 3.04. The molecule has 1 fully saturated rings. The minimum absolute atomic E-state index is 0.446. The van der Waals surface area contributed by atoms with Crippen molar-refractivity contribution in [3.05, 3.63) is 24.0 Å². The lowest BCUT2D eigenvalue weighted by molar-refractivity contribution is 0.326. The number of hydrogen-bond donors (Lipinski definition) is 3. The van der Waals surface area contributed by atoms with Crippen LogP contribution in [0.1, 0.15) is 30.9 Å². The van der Waals surface area contributed by atoms with Crippen LogP contribution in [0.3, 0.4) is 0 Å². The Kier molecular flexibility index (Phi) is 3.22. The first kappa shape index (κ1) is 9.74. The summed E-state index contributed by atoms with van der Waals surface area (Å²) >= 11 is 0. The number of rotatable bonds is 3. The standard InChI is InChI=1S/C11H19N3/c1-12-11(9-5-7-13-8-9)10-4-2-3-6-14-10/h5,7-8,10-14H,2-4,6H2,1H3. The highest BCUT2D eigenvalue weighted by atomic mass is 15.0. The van der Waals surface area contributed by atoms with Crippen LogP contribution in [0, 0.1) is 0 Å². The highest BCUT2D eigenvalue weighted by Crippen LogP contribution is 2.21. The van der Waals surface area contributed by atoms with Gasteiger partial charge in [0.05, 0.1) is 0 Å². The zero-order valence-corrected chi connectivity index (χ0v) is 8.72. The van der Waals surface area contributed by atoms with Crippen LogP contribution in [0.25, 0.3) is 0 Å². The molecule has 1 aromatic rings. The SMILES string of the molecule is CNC(c1cc[nH]c1)C1CCCCN1. The minimum Gasteiger partial charge on any atom is -0.367 e.